The van der Waals surface area contributed by atoms with Crippen molar-refractivity contribution in [2.24, 2.45) is 0 Å². The molecule has 0 bridgehead atoms. The fraction of sp³-hybridized carbons (Fsp3) is 0.190. The van der Waals surface area contributed by atoms with Crippen molar-refractivity contribution < 1.29 is 14.3 Å². The van der Waals surface area contributed by atoms with Gasteiger partial charge in [0.05, 0.1) is 12.2 Å². The SMILES string of the molecule is CCCCOC(=O)c1cccc(NC(=O)c2cccc(Nc3nccs3)c2)c1. The van der Waals surface area contributed by atoms with Gasteiger partial charge in [-0.05, 0) is 42.8 Å². The molecule has 0 spiro atoms. The molecular weight excluding hydrogens is 374 g/mol. The van der Waals surface area contributed by atoms with Crippen LogP contribution in [0.2, 0.25) is 0 Å². The number of thiazole rings is 1. The standard InChI is InChI=1S/C21H21N3O3S/c1-2-3-11-27-20(26)16-7-5-8-17(14-16)23-19(25)15-6-4-9-18(13-15)24-21-22-10-12-28-21/h4-10,12-14H,2-3,11H2,1H3,(H,22,24)(H,23,25). The van der Waals surface area contributed by atoms with Gasteiger partial charge in [-0.2, -0.15) is 0 Å². The highest BCUT2D eigenvalue weighted by Gasteiger charge is 2.11. The smallest absolute Gasteiger partial charge is 0.338 e. The number of unbranched alkanes of at least 4 members (excludes halogenated alkanes) is 1. The molecular formula is C21H21N3O3S. The van der Waals surface area contributed by atoms with Gasteiger partial charge < -0.3 is 15.4 Å². The van der Waals surface area contributed by atoms with Crippen LogP contribution in [0.3, 0.4) is 0 Å². The fourth-order valence-corrected chi connectivity index (χ4v) is 3.02. The summed E-state index contributed by atoms with van der Waals surface area (Å²) in [4.78, 5) is 28.8. The maximum atomic E-state index is 12.6. The van der Waals surface area contributed by atoms with Gasteiger partial charge in [-0.15, -0.1) is 11.3 Å². The number of rotatable bonds is 8. The second kappa shape index (κ2) is 9.66. The lowest BCUT2D eigenvalue weighted by molar-refractivity contribution is 0.0499. The van der Waals surface area contributed by atoms with E-state index in [1.54, 1.807) is 48.7 Å². The first kappa shape index (κ1) is 19.6. The van der Waals surface area contributed by atoms with Crippen molar-refractivity contribution in [3.05, 3.63) is 71.2 Å². The summed E-state index contributed by atoms with van der Waals surface area (Å²) in [5.74, 6) is -0.654. The second-order valence-corrected chi connectivity index (χ2v) is 6.96. The summed E-state index contributed by atoms with van der Waals surface area (Å²) in [5.41, 5.74) is 2.22. The minimum atomic E-state index is -0.390. The Bertz CT molecular complexity index is 942. The molecule has 0 aliphatic carbocycles. The Morgan fingerprint density at radius 3 is 2.57 bits per heavy atom. The average Bonchev–Trinajstić information content (AvgIpc) is 3.21. The lowest BCUT2D eigenvalue weighted by Gasteiger charge is -2.09. The number of nitrogens with zero attached hydrogens (tertiary/aromatic N) is 1. The number of nitrogens with one attached hydrogen (secondary N) is 2. The predicted octanol–water partition coefficient (Wildman–Crippen LogP) is 5.10. The lowest BCUT2D eigenvalue weighted by Crippen LogP contribution is -2.13. The van der Waals surface area contributed by atoms with E-state index in [0.717, 1.165) is 23.7 Å². The van der Waals surface area contributed by atoms with Crippen LogP contribution in [-0.2, 0) is 4.74 Å². The minimum Gasteiger partial charge on any atom is -0.462 e. The van der Waals surface area contributed by atoms with Crippen LogP contribution in [0.1, 0.15) is 40.5 Å². The first-order valence-electron chi connectivity index (χ1n) is 9.01. The van der Waals surface area contributed by atoms with Gasteiger partial charge in [-0.1, -0.05) is 25.5 Å². The molecule has 0 aliphatic heterocycles. The van der Waals surface area contributed by atoms with Gasteiger partial charge in [-0.25, -0.2) is 9.78 Å². The van der Waals surface area contributed by atoms with E-state index in [-0.39, 0.29) is 11.9 Å². The number of amides is 1. The highest BCUT2D eigenvalue weighted by atomic mass is 32.1. The zero-order chi connectivity index (χ0) is 19.8. The highest BCUT2D eigenvalue weighted by Crippen LogP contribution is 2.20. The van der Waals surface area contributed by atoms with Gasteiger partial charge in [0.15, 0.2) is 5.13 Å². The molecule has 1 aromatic heterocycles. The van der Waals surface area contributed by atoms with E-state index >= 15 is 0 Å². The number of esters is 1. The Hall–Kier alpha value is -3.19. The number of aromatic nitrogens is 1. The summed E-state index contributed by atoms with van der Waals surface area (Å²) in [6, 6.07) is 13.9. The van der Waals surface area contributed by atoms with E-state index in [2.05, 4.69) is 15.6 Å². The second-order valence-electron chi connectivity index (χ2n) is 6.07. The molecule has 1 amide bonds. The minimum absolute atomic E-state index is 0.265. The van der Waals surface area contributed by atoms with Crippen LogP contribution in [0.25, 0.3) is 0 Å². The van der Waals surface area contributed by atoms with Crippen LogP contribution >= 0.6 is 11.3 Å². The monoisotopic (exact) mass is 395 g/mol. The maximum Gasteiger partial charge on any atom is 0.338 e. The molecule has 0 radical (unpaired) electrons. The number of anilines is 3. The van der Waals surface area contributed by atoms with Crippen molar-refractivity contribution in [3.63, 3.8) is 0 Å². The quantitative estimate of drug-likeness (QED) is 0.410. The molecule has 0 saturated heterocycles. The number of ether oxygens (including phenoxy) is 1. The van der Waals surface area contributed by atoms with E-state index in [9.17, 15) is 9.59 Å². The van der Waals surface area contributed by atoms with Gasteiger partial charge in [0, 0.05) is 28.5 Å². The Kier molecular flexibility index (Phi) is 6.75. The van der Waals surface area contributed by atoms with Crippen molar-refractivity contribution in [1.29, 1.82) is 0 Å². The van der Waals surface area contributed by atoms with Gasteiger partial charge in [0.25, 0.3) is 5.91 Å². The van der Waals surface area contributed by atoms with E-state index in [1.165, 1.54) is 11.3 Å². The average molecular weight is 395 g/mol. The number of carbonyl (C=O) groups excluding carboxylic acids is 2. The lowest BCUT2D eigenvalue weighted by atomic mass is 10.1. The topological polar surface area (TPSA) is 80.3 Å². The van der Waals surface area contributed by atoms with E-state index in [1.807, 2.05) is 18.4 Å². The highest BCUT2D eigenvalue weighted by molar-refractivity contribution is 7.13. The Morgan fingerprint density at radius 1 is 1.07 bits per heavy atom. The van der Waals surface area contributed by atoms with Crippen molar-refractivity contribution in [2.75, 3.05) is 17.2 Å². The first-order chi connectivity index (χ1) is 13.7. The Labute approximate surface area is 167 Å². The van der Waals surface area contributed by atoms with E-state index in [0.29, 0.717) is 23.4 Å². The van der Waals surface area contributed by atoms with Crippen molar-refractivity contribution in [1.82, 2.24) is 4.98 Å². The van der Waals surface area contributed by atoms with Crippen molar-refractivity contribution in [3.8, 4) is 0 Å². The summed E-state index contributed by atoms with van der Waals surface area (Å²) >= 11 is 1.48. The van der Waals surface area contributed by atoms with Gasteiger partial charge in [-0.3, -0.25) is 4.79 Å². The fourth-order valence-electron chi connectivity index (χ4n) is 2.47. The molecule has 2 aromatic carbocycles. The van der Waals surface area contributed by atoms with Crippen LogP contribution in [0, 0.1) is 0 Å². The van der Waals surface area contributed by atoms with Gasteiger partial charge in [0.2, 0.25) is 0 Å². The molecule has 2 N–H and O–H groups in total. The van der Waals surface area contributed by atoms with Crippen molar-refractivity contribution in [2.45, 2.75) is 19.8 Å². The summed E-state index contributed by atoms with van der Waals surface area (Å²) in [6.45, 7) is 2.43. The molecule has 7 heteroatoms. The molecule has 0 unspecified atom stereocenters. The Morgan fingerprint density at radius 2 is 1.82 bits per heavy atom. The summed E-state index contributed by atoms with van der Waals surface area (Å²) in [5, 5.41) is 8.61. The van der Waals surface area contributed by atoms with Crippen LogP contribution in [0.15, 0.2) is 60.1 Å². The summed E-state index contributed by atoms with van der Waals surface area (Å²) in [6.07, 6.45) is 3.50. The molecule has 0 saturated carbocycles. The molecule has 6 nitrogen and oxygen atoms in total. The maximum absolute atomic E-state index is 12.6. The molecule has 0 fully saturated rings. The predicted molar refractivity (Wildman–Crippen MR) is 111 cm³/mol. The van der Waals surface area contributed by atoms with Crippen LogP contribution in [-0.4, -0.2) is 23.5 Å². The van der Waals surface area contributed by atoms with E-state index in [4.69, 9.17) is 4.74 Å². The van der Waals surface area contributed by atoms with Crippen molar-refractivity contribution >= 4 is 39.7 Å². The zero-order valence-corrected chi connectivity index (χ0v) is 16.3. The summed E-state index contributed by atoms with van der Waals surface area (Å²) in [7, 11) is 0. The van der Waals surface area contributed by atoms with Crippen LogP contribution in [0.4, 0.5) is 16.5 Å². The normalized spacial score (nSPS) is 10.3. The molecule has 0 aliphatic rings. The third kappa shape index (κ3) is 5.40. The third-order valence-corrected chi connectivity index (χ3v) is 4.58. The van der Waals surface area contributed by atoms with Crippen LogP contribution in [0.5, 0.6) is 0 Å². The van der Waals surface area contributed by atoms with Gasteiger partial charge in [0.1, 0.15) is 0 Å². The largest absolute Gasteiger partial charge is 0.462 e. The molecule has 3 aromatic rings. The number of carbonyl (C=O) groups is 2. The van der Waals surface area contributed by atoms with E-state index < -0.39 is 0 Å². The molecule has 3 rings (SSSR count). The Balaban J connectivity index is 1.66. The molecule has 28 heavy (non-hydrogen) atoms. The number of benzene rings is 2. The number of hydrogen-bond acceptors (Lipinski definition) is 6. The zero-order valence-electron chi connectivity index (χ0n) is 15.5. The van der Waals surface area contributed by atoms with Gasteiger partial charge >= 0.3 is 5.97 Å². The molecule has 0 atom stereocenters. The third-order valence-electron chi connectivity index (χ3n) is 3.90. The number of hydrogen-bond donors (Lipinski definition) is 2. The molecule has 144 valence electrons. The van der Waals surface area contributed by atoms with Crippen LogP contribution < -0.4 is 10.6 Å². The first-order valence-corrected chi connectivity index (χ1v) is 9.89. The molecule has 1 heterocycles. The summed E-state index contributed by atoms with van der Waals surface area (Å²) < 4.78 is 5.21.